The second kappa shape index (κ2) is 29.9. The lowest BCUT2D eigenvalue weighted by molar-refractivity contribution is -0.344. The van der Waals surface area contributed by atoms with Crippen LogP contribution in [0.2, 0.25) is 0 Å². The lowest BCUT2D eigenvalue weighted by Gasteiger charge is -2.50. The molecule has 0 bridgehead atoms. The van der Waals surface area contributed by atoms with Crippen molar-refractivity contribution < 1.29 is 81.2 Å². The molecule has 19 heteroatoms. The third-order valence-electron chi connectivity index (χ3n) is 14.1. The first kappa shape index (κ1) is 61.5. The Morgan fingerprint density at radius 2 is 1.56 bits per heavy atom. The standard InChI is InChI=1S/C54H86N2O17/c1-13-43(60)69-41-30-45(62)65-34(4)21-20-27-56(26-19-18-24-39-22-16-15-17-23-39)32-42(68-37(7)58)33(3)29-40(25-28-57)50(51(41)64-12)72-53-48(63)47(55(10)11)49(35(5)67-53)71-46-31-54(9,73-38(8)59)52(36(6)66-46)70-44(61)14-2/h15-17,22-23,28,33-36,40-42,46-53,63H,13-14,18-21,24-27,29-32H2,1-12H3/t33-,34-,35?,36?,40+,41-,42+,46+,47?,48?,49+,50+,51+,52+,53+,54?/m1/s1. The van der Waals surface area contributed by atoms with Crippen LogP contribution in [0, 0.1) is 11.8 Å². The number of methoxy groups -OCH3 is 1. The molecule has 414 valence electrons. The maximum atomic E-state index is 13.8. The van der Waals surface area contributed by atoms with Crippen LogP contribution in [0.25, 0.3) is 0 Å². The predicted octanol–water partition coefficient (Wildman–Crippen LogP) is 5.51. The van der Waals surface area contributed by atoms with Gasteiger partial charge < -0.3 is 62.2 Å². The number of aliphatic hydroxyl groups is 1. The van der Waals surface area contributed by atoms with Crippen molar-refractivity contribution in [1.29, 1.82) is 0 Å². The van der Waals surface area contributed by atoms with Gasteiger partial charge in [0.05, 0.1) is 36.9 Å². The maximum Gasteiger partial charge on any atom is 0.309 e. The number of carbonyl (C=O) groups is 6. The van der Waals surface area contributed by atoms with Gasteiger partial charge in [-0.3, -0.25) is 28.9 Å². The number of carbonyl (C=O) groups excluding carboxylic acids is 6. The number of hydrogen-bond acceptors (Lipinski definition) is 19. The lowest BCUT2D eigenvalue weighted by Crippen LogP contribution is -2.66. The van der Waals surface area contributed by atoms with E-state index in [1.807, 2.05) is 32.0 Å². The molecule has 3 heterocycles. The van der Waals surface area contributed by atoms with Gasteiger partial charge in [-0.25, -0.2) is 0 Å². The summed E-state index contributed by atoms with van der Waals surface area (Å²) in [5.74, 6) is -3.90. The molecule has 1 aromatic rings. The van der Waals surface area contributed by atoms with E-state index in [4.69, 9.17) is 47.4 Å². The number of unbranched alkanes of at least 4 members (excludes halogenated alkanes) is 1. The van der Waals surface area contributed by atoms with Crippen LogP contribution < -0.4 is 0 Å². The van der Waals surface area contributed by atoms with Crippen LogP contribution in [0.5, 0.6) is 0 Å². The highest BCUT2D eigenvalue weighted by atomic mass is 16.7. The third kappa shape index (κ3) is 18.6. The Hall–Kier alpha value is -4.08. The Morgan fingerprint density at radius 1 is 0.877 bits per heavy atom. The van der Waals surface area contributed by atoms with Crippen LogP contribution in [-0.4, -0.2) is 177 Å². The number of rotatable bonds is 19. The lowest BCUT2D eigenvalue weighted by atomic mass is 9.82. The number of cyclic esters (lactones) is 1. The van der Waals surface area contributed by atoms with E-state index in [-0.39, 0.29) is 38.0 Å². The summed E-state index contributed by atoms with van der Waals surface area (Å²) in [6.07, 6.45) is -7.61. The van der Waals surface area contributed by atoms with E-state index in [2.05, 4.69) is 17.0 Å². The maximum absolute atomic E-state index is 13.8. The SMILES string of the molecule is CCC(=O)O[C@@H]1CC(=O)O[C@H](C)CCCN(CCCCc2ccccc2)C[C@H](OC(C)=O)[C@H](C)C[C@H](CC=O)[C@H](O[C@@H]2OC(C)[C@H](O[C@H]3CC(C)(OC(C)=O)[C@@H](OC(=O)CC)C(C)O3)C(N(C)C)C2O)[C@H]1OC. The van der Waals surface area contributed by atoms with Gasteiger partial charge in [0.15, 0.2) is 24.3 Å². The van der Waals surface area contributed by atoms with Crippen LogP contribution in [-0.2, 0) is 82.6 Å². The molecule has 73 heavy (non-hydrogen) atoms. The van der Waals surface area contributed by atoms with Gasteiger partial charge in [0.25, 0.3) is 0 Å². The molecule has 19 nitrogen and oxygen atoms in total. The summed E-state index contributed by atoms with van der Waals surface area (Å²) in [4.78, 5) is 81.5. The topological polar surface area (TPSA) is 221 Å². The minimum atomic E-state index is -1.45. The Kier molecular flexibility index (Phi) is 25.1. The first-order valence-electron chi connectivity index (χ1n) is 26.3. The van der Waals surface area contributed by atoms with Gasteiger partial charge >= 0.3 is 29.8 Å². The van der Waals surface area contributed by atoms with E-state index in [9.17, 15) is 33.9 Å². The van der Waals surface area contributed by atoms with Gasteiger partial charge in [0.2, 0.25) is 0 Å². The van der Waals surface area contributed by atoms with Crippen molar-refractivity contribution >= 4 is 36.1 Å². The van der Waals surface area contributed by atoms with Gasteiger partial charge in [-0.15, -0.1) is 0 Å². The van der Waals surface area contributed by atoms with Crippen molar-refractivity contribution in [3.05, 3.63) is 35.9 Å². The molecule has 5 unspecified atom stereocenters. The number of aldehydes is 1. The smallest absolute Gasteiger partial charge is 0.309 e. The molecule has 0 amide bonds. The molecule has 0 spiro atoms. The molecule has 0 aromatic heterocycles. The van der Waals surface area contributed by atoms with Gasteiger partial charge in [-0.1, -0.05) is 51.1 Å². The van der Waals surface area contributed by atoms with Gasteiger partial charge in [-0.2, -0.15) is 0 Å². The number of aryl methyl sites for hydroxylation is 1. The summed E-state index contributed by atoms with van der Waals surface area (Å²) < 4.78 is 62.0. The first-order chi connectivity index (χ1) is 34.6. The van der Waals surface area contributed by atoms with E-state index in [1.165, 1.54) is 26.5 Å². The zero-order chi connectivity index (χ0) is 54.0. The zero-order valence-electron chi connectivity index (χ0n) is 45.4. The molecule has 3 saturated heterocycles. The number of likely N-dealkylation sites (N-methyl/N-ethyl adjacent to an activating group) is 1. The van der Waals surface area contributed by atoms with Crippen molar-refractivity contribution in [2.45, 2.75) is 218 Å². The van der Waals surface area contributed by atoms with E-state index >= 15 is 0 Å². The normalized spacial score (nSPS) is 34.3. The van der Waals surface area contributed by atoms with Crippen LogP contribution in [0.4, 0.5) is 0 Å². The van der Waals surface area contributed by atoms with Gasteiger partial charge in [0, 0.05) is 53.2 Å². The number of ether oxygens (including phenoxy) is 10. The molecule has 3 aliphatic rings. The molecule has 3 aliphatic heterocycles. The Labute approximate surface area is 432 Å². The summed E-state index contributed by atoms with van der Waals surface area (Å²) in [5.41, 5.74) is -0.0827. The van der Waals surface area contributed by atoms with E-state index in [0.717, 1.165) is 32.1 Å². The van der Waals surface area contributed by atoms with Crippen LogP contribution >= 0.6 is 0 Å². The van der Waals surface area contributed by atoms with Gasteiger partial charge in [-0.05, 0) is 111 Å². The van der Waals surface area contributed by atoms with E-state index in [1.54, 1.807) is 53.6 Å². The fraction of sp³-hybridized carbons (Fsp3) is 0.778. The molecule has 4 rings (SSSR count). The summed E-state index contributed by atoms with van der Waals surface area (Å²) >= 11 is 0. The molecule has 0 saturated carbocycles. The zero-order valence-corrected chi connectivity index (χ0v) is 45.4. The Balaban J connectivity index is 1.72. The molecular formula is C54H86N2O17. The minimum Gasteiger partial charge on any atom is -0.463 e. The highest BCUT2D eigenvalue weighted by Crippen LogP contribution is 2.39. The highest BCUT2D eigenvalue weighted by molar-refractivity contribution is 5.73. The van der Waals surface area contributed by atoms with Crippen molar-refractivity contribution in [3.8, 4) is 0 Å². The molecule has 0 radical (unpaired) electrons. The van der Waals surface area contributed by atoms with Crippen LogP contribution in [0.15, 0.2) is 30.3 Å². The molecule has 3 fully saturated rings. The second-order valence-corrected chi connectivity index (χ2v) is 20.5. The summed E-state index contributed by atoms with van der Waals surface area (Å²) in [6, 6.07) is 9.44. The molecule has 16 atom stereocenters. The van der Waals surface area contributed by atoms with E-state index in [0.29, 0.717) is 25.9 Å². The predicted molar refractivity (Wildman–Crippen MR) is 267 cm³/mol. The van der Waals surface area contributed by atoms with Crippen molar-refractivity contribution in [1.82, 2.24) is 9.80 Å². The first-order valence-corrected chi connectivity index (χ1v) is 26.3. The third-order valence-corrected chi connectivity index (χ3v) is 14.1. The summed E-state index contributed by atoms with van der Waals surface area (Å²) in [5, 5.41) is 12.4. The average Bonchev–Trinajstić information content (AvgIpc) is 3.31. The molecule has 0 aliphatic carbocycles. The number of hydrogen-bond donors (Lipinski definition) is 1. The number of aliphatic hydroxyl groups excluding tert-OH is 1. The number of nitrogens with zero attached hydrogens (tertiary/aromatic N) is 2. The largest absolute Gasteiger partial charge is 0.463 e. The fourth-order valence-corrected chi connectivity index (χ4v) is 10.5. The number of esters is 5. The molecule has 1 N–H and O–H groups in total. The quantitative estimate of drug-likeness (QED) is 0.0781. The Bertz CT molecular complexity index is 1890. The summed E-state index contributed by atoms with van der Waals surface area (Å²) in [6.45, 7) is 16.5. The number of benzene rings is 1. The fourth-order valence-electron chi connectivity index (χ4n) is 10.5. The minimum absolute atomic E-state index is 0.0204. The molecular weight excluding hydrogens is 949 g/mol. The van der Waals surface area contributed by atoms with E-state index < -0.39 is 127 Å². The van der Waals surface area contributed by atoms with Crippen molar-refractivity contribution in [2.24, 2.45) is 11.8 Å². The summed E-state index contributed by atoms with van der Waals surface area (Å²) in [7, 11) is 4.89. The average molecular weight is 1040 g/mol. The van der Waals surface area contributed by atoms with Crippen molar-refractivity contribution in [3.63, 3.8) is 0 Å². The van der Waals surface area contributed by atoms with Crippen LogP contribution in [0.3, 0.4) is 0 Å². The highest BCUT2D eigenvalue weighted by Gasteiger charge is 2.54. The monoisotopic (exact) mass is 1030 g/mol. The van der Waals surface area contributed by atoms with Crippen molar-refractivity contribution in [2.75, 3.05) is 40.8 Å². The molecule has 1 aromatic carbocycles. The van der Waals surface area contributed by atoms with Crippen LogP contribution in [0.1, 0.15) is 132 Å². The Morgan fingerprint density at radius 3 is 2.18 bits per heavy atom. The van der Waals surface area contributed by atoms with Gasteiger partial charge in [0.1, 0.15) is 36.8 Å². The second-order valence-electron chi connectivity index (χ2n) is 20.5.